The molecule has 0 aliphatic heterocycles. The Bertz CT molecular complexity index is 1120. The smallest absolute Gasteiger partial charge is 0.252 e. The molecule has 0 aliphatic rings. The summed E-state index contributed by atoms with van der Waals surface area (Å²) >= 11 is 1.10. The van der Waals surface area contributed by atoms with Gasteiger partial charge in [-0.25, -0.2) is 13.4 Å². The highest BCUT2D eigenvalue weighted by atomic mass is 32.2. The van der Waals surface area contributed by atoms with E-state index in [1.807, 2.05) is 7.05 Å². The number of nitrogens with one attached hydrogen (secondary N) is 1. The second-order valence-corrected chi connectivity index (χ2v) is 9.96. The molecule has 1 aromatic carbocycles. The number of hydrogen-bond donors (Lipinski definition) is 1. The molecular formula is C20H24N4O5S2. The quantitative estimate of drug-likeness (QED) is 0.520. The highest BCUT2D eigenvalue weighted by Gasteiger charge is 2.27. The van der Waals surface area contributed by atoms with Crippen LogP contribution in [0.4, 0.5) is 0 Å². The molecular weight excluding hydrogens is 440 g/mol. The van der Waals surface area contributed by atoms with Crippen molar-refractivity contribution in [2.45, 2.75) is 10.3 Å². The van der Waals surface area contributed by atoms with E-state index in [2.05, 4.69) is 10.3 Å². The van der Waals surface area contributed by atoms with Gasteiger partial charge in [0.15, 0.2) is 0 Å². The molecule has 1 N–H and O–H groups in total. The van der Waals surface area contributed by atoms with Gasteiger partial charge in [0.25, 0.3) is 10.0 Å². The van der Waals surface area contributed by atoms with Crippen LogP contribution in [0.1, 0.15) is 17.4 Å². The summed E-state index contributed by atoms with van der Waals surface area (Å²) in [5.74, 6) is 1.21. The van der Waals surface area contributed by atoms with Crippen molar-refractivity contribution in [3.8, 4) is 11.5 Å². The van der Waals surface area contributed by atoms with Crippen molar-refractivity contribution in [2.24, 2.45) is 7.05 Å². The molecule has 3 rings (SSSR count). The lowest BCUT2D eigenvalue weighted by Crippen LogP contribution is -2.40. The van der Waals surface area contributed by atoms with Gasteiger partial charge >= 0.3 is 0 Å². The Kier molecular flexibility index (Phi) is 6.98. The van der Waals surface area contributed by atoms with Gasteiger partial charge in [0.2, 0.25) is 5.91 Å². The lowest BCUT2D eigenvalue weighted by molar-refractivity contribution is -0.121. The van der Waals surface area contributed by atoms with Crippen LogP contribution in [0.15, 0.2) is 52.3 Å². The van der Waals surface area contributed by atoms with Crippen LogP contribution in [0.25, 0.3) is 0 Å². The van der Waals surface area contributed by atoms with Gasteiger partial charge < -0.3 is 19.4 Å². The Labute approximate surface area is 185 Å². The number of amides is 1. The molecule has 2 aromatic heterocycles. The molecule has 0 bridgehead atoms. The van der Waals surface area contributed by atoms with Crippen LogP contribution in [0.5, 0.6) is 11.5 Å². The van der Waals surface area contributed by atoms with Gasteiger partial charge in [0, 0.05) is 32.6 Å². The van der Waals surface area contributed by atoms with Gasteiger partial charge in [-0.1, -0.05) is 6.07 Å². The van der Waals surface area contributed by atoms with E-state index in [1.54, 1.807) is 46.6 Å². The Morgan fingerprint density at radius 1 is 1.26 bits per heavy atom. The predicted octanol–water partition coefficient (Wildman–Crippen LogP) is 2.03. The maximum atomic E-state index is 12.9. The first kappa shape index (κ1) is 22.8. The van der Waals surface area contributed by atoms with Crippen LogP contribution >= 0.6 is 11.3 Å². The highest BCUT2D eigenvalue weighted by Crippen LogP contribution is 2.29. The number of benzene rings is 1. The molecule has 0 spiro atoms. The second-order valence-electron chi connectivity index (χ2n) is 6.74. The largest absolute Gasteiger partial charge is 0.497 e. The van der Waals surface area contributed by atoms with E-state index >= 15 is 0 Å². The van der Waals surface area contributed by atoms with Crippen LogP contribution in [0.3, 0.4) is 0 Å². The van der Waals surface area contributed by atoms with Crippen LogP contribution < -0.4 is 14.8 Å². The molecule has 31 heavy (non-hydrogen) atoms. The molecule has 2 heterocycles. The number of rotatable bonds is 9. The molecule has 0 radical (unpaired) electrons. The van der Waals surface area contributed by atoms with Crippen molar-refractivity contribution >= 4 is 27.3 Å². The fourth-order valence-electron chi connectivity index (χ4n) is 3.01. The summed E-state index contributed by atoms with van der Waals surface area (Å²) in [5.41, 5.74) is 0.683. The summed E-state index contributed by atoms with van der Waals surface area (Å²) in [7, 11) is 2.52. The van der Waals surface area contributed by atoms with Crippen LogP contribution in [0.2, 0.25) is 0 Å². The number of imidazole rings is 1. The van der Waals surface area contributed by atoms with Gasteiger partial charge in [-0.05, 0) is 29.1 Å². The summed E-state index contributed by atoms with van der Waals surface area (Å²) in [4.78, 5) is 17.2. The molecule has 11 heteroatoms. The number of carbonyl (C=O) groups excluding carboxylic acids is 1. The van der Waals surface area contributed by atoms with Gasteiger partial charge in [0.05, 0.1) is 20.8 Å². The Morgan fingerprint density at radius 3 is 2.45 bits per heavy atom. The van der Waals surface area contributed by atoms with Gasteiger partial charge in [-0.15, -0.1) is 11.3 Å². The van der Waals surface area contributed by atoms with E-state index in [-0.39, 0.29) is 10.8 Å². The summed E-state index contributed by atoms with van der Waals surface area (Å²) < 4.78 is 39.0. The number of nitrogens with zero attached hydrogens (tertiary/aromatic N) is 3. The molecule has 1 atom stereocenters. The van der Waals surface area contributed by atoms with E-state index < -0.39 is 22.0 Å². The van der Waals surface area contributed by atoms with Crippen molar-refractivity contribution in [2.75, 3.05) is 27.8 Å². The second kappa shape index (κ2) is 9.50. The van der Waals surface area contributed by atoms with E-state index in [9.17, 15) is 13.2 Å². The molecule has 1 amide bonds. The Hall–Kier alpha value is -2.89. The maximum absolute atomic E-state index is 12.9. The number of likely N-dealkylation sites (N-methyl/N-ethyl adjacent to an activating group) is 1. The monoisotopic (exact) mass is 464 g/mol. The highest BCUT2D eigenvalue weighted by molar-refractivity contribution is 7.91. The lowest BCUT2D eigenvalue weighted by Gasteiger charge is -2.22. The third kappa shape index (κ3) is 5.06. The Balaban J connectivity index is 1.88. The zero-order valence-electron chi connectivity index (χ0n) is 17.6. The zero-order valence-corrected chi connectivity index (χ0v) is 19.2. The lowest BCUT2D eigenvalue weighted by atomic mass is 10.0. The van der Waals surface area contributed by atoms with Crippen molar-refractivity contribution in [1.82, 2.24) is 19.2 Å². The average molecular weight is 465 g/mol. The summed E-state index contributed by atoms with van der Waals surface area (Å²) in [6.45, 7) is -0.345. The summed E-state index contributed by atoms with van der Waals surface area (Å²) in [6.07, 6.45) is 3.39. The maximum Gasteiger partial charge on any atom is 0.252 e. The number of aromatic nitrogens is 2. The molecule has 0 aliphatic carbocycles. The first-order chi connectivity index (χ1) is 14.8. The molecule has 3 aromatic rings. The SMILES string of the molecule is COc1cc(OC)cc([C@H](NC(=O)CN(C)S(=O)(=O)c2cccs2)c2nccn2C)c1. The number of carbonyl (C=O) groups is 1. The number of hydrogen-bond acceptors (Lipinski definition) is 7. The molecule has 0 fully saturated rings. The number of thiophene rings is 1. The summed E-state index contributed by atoms with van der Waals surface area (Å²) in [5, 5.41) is 4.57. The molecule has 9 nitrogen and oxygen atoms in total. The first-order valence-corrected chi connectivity index (χ1v) is 11.6. The third-order valence-electron chi connectivity index (χ3n) is 4.65. The summed E-state index contributed by atoms with van der Waals surface area (Å²) in [6, 6.07) is 7.78. The fourth-order valence-corrected chi connectivity index (χ4v) is 5.33. The first-order valence-electron chi connectivity index (χ1n) is 9.25. The average Bonchev–Trinajstić information content (AvgIpc) is 3.44. The topological polar surface area (TPSA) is 103 Å². The standard InChI is InChI=1S/C20H24N4O5S2/c1-23-8-7-21-20(23)19(14-10-15(28-3)12-16(11-14)29-4)22-17(25)13-24(2)31(26,27)18-6-5-9-30-18/h5-12,19H,13H2,1-4H3,(H,22,25)/t19-/m0/s1. The number of methoxy groups -OCH3 is 2. The van der Waals surface area contributed by atoms with Crippen molar-refractivity contribution in [3.05, 3.63) is 59.5 Å². The minimum atomic E-state index is -3.74. The normalized spacial score (nSPS) is 12.5. The van der Waals surface area contributed by atoms with E-state index in [0.717, 1.165) is 15.6 Å². The minimum Gasteiger partial charge on any atom is -0.497 e. The molecule has 0 saturated heterocycles. The Morgan fingerprint density at radius 2 is 1.94 bits per heavy atom. The van der Waals surface area contributed by atoms with Crippen molar-refractivity contribution in [1.29, 1.82) is 0 Å². The van der Waals surface area contributed by atoms with Crippen LogP contribution in [0, 0.1) is 0 Å². The predicted molar refractivity (Wildman–Crippen MR) is 117 cm³/mol. The van der Waals surface area contributed by atoms with Gasteiger partial charge in [-0.3, -0.25) is 4.79 Å². The molecule has 0 saturated carbocycles. The van der Waals surface area contributed by atoms with E-state index in [0.29, 0.717) is 22.9 Å². The zero-order chi connectivity index (χ0) is 22.6. The molecule has 166 valence electrons. The fraction of sp³-hybridized carbons (Fsp3) is 0.300. The van der Waals surface area contributed by atoms with E-state index in [1.165, 1.54) is 27.3 Å². The molecule has 0 unspecified atom stereocenters. The van der Waals surface area contributed by atoms with Crippen molar-refractivity contribution < 1.29 is 22.7 Å². The van der Waals surface area contributed by atoms with Gasteiger partial charge in [-0.2, -0.15) is 4.31 Å². The third-order valence-corrected chi connectivity index (χ3v) is 7.83. The number of sulfonamides is 1. The number of aryl methyl sites for hydroxylation is 1. The number of ether oxygens (including phenoxy) is 2. The van der Waals surface area contributed by atoms with Crippen molar-refractivity contribution in [3.63, 3.8) is 0 Å². The minimum absolute atomic E-state index is 0.181. The van der Waals surface area contributed by atoms with E-state index in [4.69, 9.17) is 9.47 Å². The van der Waals surface area contributed by atoms with Gasteiger partial charge in [0.1, 0.15) is 27.6 Å². The van der Waals surface area contributed by atoms with Crippen LogP contribution in [-0.4, -0.2) is 56.0 Å². The van der Waals surface area contributed by atoms with Crippen LogP contribution in [-0.2, 0) is 21.9 Å².